The molecule has 2 atom stereocenters. The number of esters is 1. The highest BCUT2D eigenvalue weighted by atomic mass is 32.2. The van der Waals surface area contributed by atoms with Gasteiger partial charge in [-0.05, 0) is 18.8 Å². The fraction of sp³-hybridized carbons (Fsp3) is 0.786. The van der Waals surface area contributed by atoms with Gasteiger partial charge >= 0.3 is 5.97 Å². The van der Waals surface area contributed by atoms with Crippen molar-refractivity contribution in [3.63, 3.8) is 0 Å². The van der Waals surface area contributed by atoms with E-state index in [0.717, 1.165) is 19.3 Å². The summed E-state index contributed by atoms with van der Waals surface area (Å²) in [4.78, 5) is 36.2. The molecule has 118 valence electrons. The predicted molar refractivity (Wildman–Crippen MR) is 79.9 cm³/mol. The molecule has 2 aliphatic rings. The third kappa shape index (κ3) is 4.91. The quantitative estimate of drug-likeness (QED) is 0.776. The van der Waals surface area contributed by atoms with E-state index in [0.29, 0.717) is 18.2 Å². The second kappa shape index (κ2) is 7.68. The molecule has 0 aromatic heterocycles. The lowest BCUT2D eigenvalue weighted by atomic mass is 9.86. The molecule has 0 radical (unpaired) electrons. The topological polar surface area (TPSA) is 75.7 Å². The number of rotatable bonds is 5. The molecule has 1 saturated carbocycles. The average Bonchev–Trinajstić information content (AvgIpc) is 2.85. The van der Waals surface area contributed by atoms with Gasteiger partial charge in [0.2, 0.25) is 0 Å². The van der Waals surface area contributed by atoms with Crippen molar-refractivity contribution in [2.75, 3.05) is 25.4 Å². The van der Waals surface area contributed by atoms with Crippen molar-refractivity contribution in [3.05, 3.63) is 0 Å². The van der Waals surface area contributed by atoms with Gasteiger partial charge in [-0.15, -0.1) is 0 Å². The van der Waals surface area contributed by atoms with Crippen LogP contribution in [0.15, 0.2) is 0 Å². The number of thioether (sulfide) groups is 1. The van der Waals surface area contributed by atoms with Gasteiger partial charge in [-0.3, -0.25) is 14.4 Å². The van der Waals surface area contributed by atoms with E-state index in [4.69, 9.17) is 4.74 Å². The monoisotopic (exact) mass is 314 g/mol. The molecule has 0 aromatic rings. The van der Waals surface area contributed by atoms with Gasteiger partial charge in [-0.2, -0.15) is 0 Å². The van der Waals surface area contributed by atoms with Gasteiger partial charge in [-0.1, -0.05) is 31.5 Å². The predicted octanol–water partition coefficient (Wildman–Crippen LogP) is 1.39. The smallest absolute Gasteiger partial charge is 0.326 e. The molecule has 2 rings (SSSR count). The lowest BCUT2D eigenvalue weighted by molar-refractivity contribution is -0.149. The third-order valence-electron chi connectivity index (χ3n) is 3.99. The maximum absolute atomic E-state index is 11.8. The number of carbonyl (C=O) groups excluding carboxylic acids is 3. The van der Waals surface area contributed by atoms with E-state index in [1.165, 1.54) is 23.1 Å². The normalized spacial score (nSPS) is 25.8. The molecular formula is C14H22N2O4S. The maximum atomic E-state index is 11.8. The van der Waals surface area contributed by atoms with E-state index >= 15 is 0 Å². The van der Waals surface area contributed by atoms with Gasteiger partial charge in [0.1, 0.15) is 6.54 Å². The van der Waals surface area contributed by atoms with Crippen LogP contribution in [0.3, 0.4) is 0 Å². The molecule has 2 fully saturated rings. The molecule has 1 saturated heterocycles. The second-order valence-electron chi connectivity index (χ2n) is 5.63. The molecule has 0 bridgehead atoms. The Hall–Kier alpha value is -1.24. The van der Waals surface area contributed by atoms with E-state index in [2.05, 4.69) is 12.2 Å². The summed E-state index contributed by atoms with van der Waals surface area (Å²) in [6.07, 6.45) is 4.45. The molecule has 2 amide bonds. The first-order chi connectivity index (χ1) is 10.1. The van der Waals surface area contributed by atoms with Crippen molar-refractivity contribution in [3.8, 4) is 0 Å². The summed E-state index contributed by atoms with van der Waals surface area (Å²) in [6.45, 7) is 2.35. The van der Waals surface area contributed by atoms with Crippen molar-refractivity contribution < 1.29 is 19.1 Å². The van der Waals surface area contributed by atoms with Gasteiger partial charge in [0.05, 0.1) is 0 Å². The Labute approximate surface area is 129 Å². The zero-order valence-corrected chi connectivity index (χ0v) is 13.1. The SMILES string of the molecule is C[C@H]1CCCC[C@H]1NC(=O)COC(=O)CN1CCSC1=O. The summed E-state index contributed by atoms with van der Waals surface area (Å²) in [5.41, 5.74) is 0. The highest BCUT2D eigenvalue weighted by Gasteiger charge is 2.25. The van der Waals surface area contributed by atoms with Crippen LogP contribution in [0.5, 0.6) is 0 Å². The first-order valence-electron chi connectivity index (χ1n) is 7.43. The van der Waals surface area contributed by atoms with Gasteiger partial charge in [-0.25, -0.2) is 0 Å². The summed E-state index contributed by atoms with van der Waals surface area (Å²) < 4.78 is 4.94. The highest BCUT2D eigenvalue weighted by molar-refractivity contribution is 8.13. The Kier molecular flexibility index (Phi) is 5.90. The van der Waals surface area contributed by atoms with Crippen molar-refractivity contribution in [2.45, 2.75) is 38.6 Å². The van der Waals surface area contributed by atoms with Crippen LogP contribution in [0.2, 0.25) is 0 Å². The number of amides is 2. The Morgan fingerprint density at radius 3 is 2.81 bits per heavy atom. The molecule has 7 heteroatoms. The minimum Gasteiger partial charge on any atom is -0.454 e. The Bertz CT molecular complexity index is 416. The summed E-state index contributed by atoms with van der Waals surface area (Å²) in [5, 5.41) is 2.82. The minimum absolute atomic E-state index is 0.0705. The standard InChI is InChI=1S/C14H22N2O4S/c1-10-4-2-3-5-11(10)15-12(17)9-20-13(18)8-16-6-7-21-14(16)19/h10-11H,2-9H2,1H3,(H,15,17)/t10-,11+/m0/s1. The maximum Gasteiger partial charge on any atom is 0.326 e. The van der Waals surface area contributed by atoms with Crippen LogP contribution in [-0.2, 0) is 14.3 Å². The van der Waals surface area contributed by atoms with Gasteiger partial charge in [0.25, 0.3) is 11.1 Å². The zero-order valence-electron chi connectivity index (χ0n) is 12.3. The average molecular weight is 314 g/mol. The molecule has 0 unspecified atom stereocenters. The van der Waals surface area contributed by atoms with Crippen molar-refractivity contribution >= 4 is 28.9 Å². The van der Waals surface area contributed by atoms with Crippen LogP contribution < -0.4 is 5.32 Å². The summed E-state index contributed by atoms with van der Waals surface area (Å²) >= 11 is 1.20. The third-order valence-corrected chi connectivity index (χ3v) is 4.88. The zero-order chi connectivity index (χ0) is 15.2. The summed E-state index contributed by atoms with van der Waals surface area (Å²) in [6, 6.07) is 0.182. The first kappa shape index (κ1) is 16.1. The highest BCUT2D eigenvalue weighted by Crippen LogP contribution is 2.23. The van der Waals surface area contributed by atoms with E-state index in [1.807, 2.05) is 0 Å². The van der Waals surface area contributed by atoms with E-state index in [1.54, 1.807) is 0 Å². The van der Waals surface area contributed by atoms with Crippen LogP contribution >= 0.6 is 11.8 Å². The second-order valence-corrected chi connectivity index (χ2v) is 6.68. The fourth-order valence-corrected chi connectivity index (χ4v) is 3.52. The van der Waals surface area contributed by atoms with E-state index < -0.39 is 5.97 Å². The number of ether oxygens (including phenoxy) is 1. The number of nitrogens with zero attached hydrogens (tertiary/aromatic N) is 1. The fourth-order valence-electron chi connectivity index (χ4n) is 2.70. The largest absolute Gasteiger partial charge is 0.454 e. The molecule has 1 aliphatic heterocycles. The molecule has 6 nitrogen and oxygen atoms in total. The minimum atomic E-state index is -0.530. The van der Waals surface area contributed by atoms with Crippen molar-refractivity contribution in [1.29, 1.82) is 0 Å². The van der Waals surface area contributed by atoms with Crippen molar-refractivity contribution in [2.24, 2.45) is 5.92 Å². The number of nitrogens with one attached hydrogen (secondary N) is 1. The first-order valence-corrected chi connectivity index (χ1v) is 8.41. The molecule has 0 aromatic carbocycles. The van der Waals surface area contributed by atoms with Gasteiger partial charge < -0.3 is 15.0 Å². The number of hydrogen-bond acceptors (Lipinski definition) is 5. The van der Waals surface area contributed by atoms with Crippen LogP contribution in [0.4, 0.5) is 4.79 Å². The number of hydrogen-bond donors (Lipinski definition) is 1. The molecule has 21 heavy (non-hydrogen) atoms. The molecule has 1 N–H and O–H groups in total. The van der Waals surface area contributed by atoms with Crippen LogP contribution in [0.1, 0.15) is 32.6 Å². The molecule has 1 heterocycles. The van der Waals surface area contributed by atoms with Crippen LogP contribution in [-0.4, -0.2) is 53.5 Å². The summed E-state index contributed by atoms with van der Waals surface area (Å²) in [5.74, 6) is 0.381. The lowest BCUT2D eigenvalue weighted by Gasteiger charge is -2.29. The number of carbonyl (C=O) groups is 3. The Balaban J connectivity index is 1.66. The van der Waals surface area contributed by atoms with Crippen LogP contribution in [0.25, 0.3) is 0 Å². The summed E-state index contributed by atoms with van der Waals surface area (Å²) in [7, 11) is 0. The van der Waals surface area contributed by atoms with E-state index in [9.17, 15) is 14.4 Å². The molecular weight excluding hydrogens is 292 g/mol. The van der Waals surface area contributed by atoms with Gasteiger partial charge in [0, 0.05) is 18.3 Å². The molecule has 1 aliphatic carbocycles. The Morgan fingerprint density at radius 2 is 2.14 bits per heavy atom. The van der Waals surface area contributed by atoms with E-state index in [-0.39, 0.29) is 30.3 Å². The lowest BCUT2D eigenvalue weighted by Crippen LogP contribution is -2.43. The van der Waals surface area contributed by atoms with Crippen molar-refractivity contribution in [1.82, 2.24) is 10.2 Å². The van der Waals surface area contributed by atoms with Crippen LogP contribution in [0, 0.1) is 5.92 Å². The Morgan fingerprint density at radius 1 is 1.38 bits per heavy atom. The molecule has 0 spiro atoms. The van der Waals surface area contributed by atoms with Gasteiger partial charge in [0.15, 0.2) is 6.61 Å².